The van der Waals surface area contributed by atoms with Crippen molar-refractivity contribution in [1.29, 1.82) is 0 Å². The number of hydrogen-bond acceptors (Lipinski definition) is 3. The summed E-state index contributed by atoms with van der Waals surface area (Å²) < 4.78 is 0. The number of anilines is 1. The van der Waals surface area contributed by atoms with Crippen LogP contribution in [0.5, 0.6) is 0 Å². The first-order chi connectivity index (χ1) is 9.67. The Morgan fingerprint density at radius 3 is 2.65 bits per heavy atom. The molecule has 1 aromatic carbocycles. The lowest BCUT2D eigenvalue weighted by molar-refractivity contribution is 0.234. The zero-order valence-corrected chi connectivity index (χ0v) is 13.4. The number of rotatable bonds is 5. The number of hydrogen-bond donors (Lipinski definition) is 1. The lowest BCUT2D eigenvalue weighted by Crippen LogP contribution is -2.50. The number of piperazine rings is 1. The molecule has 1 aliphatic heterocycles. The predicted octanol–water partition coefficient (Wildman–Crippen LogP) is 2.89. The molecule has 1 fully saturated rings. The van der Waals surface area contributed by atoms with Crippen molar-refractivity contribution >= 4 is 5.69 Å². The van der Waals surface area contributed by atoms with Crippen LogP contribution in [0.25, 0.3) is 0 Å². The van der Waals surface area contributed by atoms with Crippen molar-refractivity contribution < 1.29 is 0 Å². The normalized spacial score (nSPS) is 22.0. The lowest BCUT2D eigenvalue weighted by Gasteiger charge is -2.40. The lowest BCUT2D eigenvalue weighted by atomic mass is 10.0. The van der Waals surface area contributed by atoms with Crippen LogP contribution in [0.15, 0.2) is 24.3 Å². The molecule has 0 aromatic heterocycles. The van der Waals surface area contributed by atoms with Gasteiger partial charge in [-0.3, -0.25) is 0 Å². The van der Waals surface area contributed by atoms with E-state index in [1.807, 2.05) is 0 Å². The van der Waals surface area contributed by atoms with Crippen molar-refractivity contribution in [3.63, 3.8) is 0 Å². The number of nitrogens with zero attached hydrogens (tertiary/aromatic N) is 2. The van der Waals surface area contributed by atoms with Gasteiger partial charge in [-0.05, 0) is 38.6 Å². The van der Waals surface area contributed by atoms with Crippen LogP contribution in [0, 0.1) is 0 Å². The average Bonchev–Trinajstić information content (AvgIpc) is 2.48. The fourth-order valence-electron chi connectivity index (χ4n) is 3.06. The van der Waals surface area contributed by atoms with Gasteiger partial charge in [0.15, 0.2) is 0 Å². The number of benzene rings is 1. The molecule has 2 unspecified atom stereocenters. The molecule has 1 aliphatic rings. The summed E-state index contributed by atoms with van der Waals surface area (Å²) >= 11 is 0. The molecule has 112 valence electrons. The average molecular weight is 275 g/mol. The van der Waals surface area contributed by atoms with E-state index in [9.17, 15) is 0 Å². The van der Waals surface area contributed by atoms with Crippen molar-refractivity contribution in [2.24, 2.45) is 0 Å². The number of nitrogens with one attached hydrogen (secondary N) is 1. The highest BCUT2D eigenvalue weighted by molar-refractivity contribution is 5.55. The molecule has 0 radical (unpaired) electrons. The molecule has 1 heterocycles. The SMILES string of the molecule is CCNC(CC)c1ccccc1N1CCN(C)C(C)C1. The van der Waals surface area contributed by atoms with E-state index in [2.05, 4.69) is 67.2 Å². The van der Waals surface area contributed by atoms with E-state index < -0.39 is 0 Å². The van der Waals surface area contributed by atoms with E-state index in [1.54, 1.807) is 0 Å². The first kappa shape index (κ1) is 15.3. The van der Waals surface area contributed by atoms with Crippen LogP contribution < -0.4 is 10.2 Å². The first-order valence-corrected chi connectivity index (χ1v) is 7.94. The van der Waals surface area contributed by atoms with Crippen LogP contribution in [0.1, 0.15) is 38.8 Å². The molecule has 0 amide bonds. The standard InChI is InChI=1S/C17H29N3/c1-5-16(18-6-2)15-9-7-8-10-17(15)20-12-11-19(4)14(3)13-20/h7-10,14,16,18H,5-6,11-13H2,1-4H3. The summed E-state index contributed by atoms with van der Waals surface area (Å²) in [5.41, 5.74) is 2.87. The van der Waals surface area contributed by atoms with Crippen LogP contribution in [-0.2, 0) is 0 Å². The molecule has 1 N–H and O–H groups in total. The Bertz CT molecular complexity index is 418. The van der Waals surface area contributed by atoms with Gasteiger partial charge >= 0.3 is 0 Å². The summed E-state index contributed by atoms with van der Waals surface area (Å²) in [5, 5.41) is 3.61. The molecule has 1 saturated heterocycles. The summed E-state index contributed by atoms with van der Waals surface area (Å²) in [6, 6.07) is 9.99. The van der Waals surface area contributed by atoms with Crippen LogP contribution in [0.3, 0.4) is 0 Å². The van der Waals surface area contributed by atoms with Crippen molar-refractivity contribution in [2.75, 3.05) is 38.1 Å². The highest BCUT2D eigenvalue weighted by Crippen LogP contribution is 2.29. The Labute approximate surface area is 124 Å². The van der Waals surface area contributed by atoms with E-state index in [0.29, 0.717) is 12.1 Å². The summed E-state index contributed by atoms with van der Waals surface area (Å²) in [7, 11) is 2.22. The molecule has 0 bridgehead atoms. The van der Waals surface area contributed by atoms with Gasteiger partial charge in [0.2, 0.25) is 0 Å². The molecule has 0 spiro atoms. The van der Waals surface area contributed by atoms with Crippen LogP contribution in [0.4, 0.5) is 5.69 Å². The van der Waals surface area contributed by atoms with E-state index in [1.165, 1.54) is 11.3 Å². The van der Waals surface area contributed by atoms with Gasteiger partial charge in [-0.15, -0.1) is 0 Å². The smallest absolute Gasteiger partial charge is 0.0415 e. The maximum Gasteiger partial charge on any atom is 0.0415 e. The monoisotopic (exact) mass is 275 g/mol. The third-order valence-electron chi connectivity index (χ3n) is 4.47. The quantitative estimate of drug-likeness (QED) is 0.891. The molecule has 3 heteroatoms. The Morgan fingerprint density at radius 1 is 1.25 bits per heavy atom. The fraction of sp³-hybridized carbons (Fsp3) is 0.647. The van der Waals surface area contributed by atoms with E-state index in [4.69, 9.17) is 0 Å². The Morgan fingerprint density at radius 2 is 2.00 bits per heavy atom. The summed E-state index contributed by atoms with van der Waals surface area (Å²) in [4.78, 5) is 5.00. The Hall–Kier alpha value is -1.06. The Kier molecular flexibility index (Phi) is 5.44. The van der Waals surface area contributed by atoms with Gasteiger partial charge in [0, 0.05) is 37.4 Å². The highest BCUT2D eigenvalue weighted by atomic mass is 15.3. The minimum Gasteiger partial charge on any atom is -0.368 e. The second kappa shape index (κ2) is 7.09. The van der Waals surface area contributed by atoms with Crippen LogP contribution >= 0.6 is 0 Å². The molecule has 20 heavy (non-hydrogen) atoms. The van der Waals surface area contributed by atoms with Crippen molar-refractivity contribution in [1.82, 2.24) is 10.2 Å². The van der Waals surface area contributed by atoms with Crippen molar-refractivity contribution in [2.45, 2.75) is 39.3 Å². The van der Waals surface area contributed by atoms with Crippen LogP contribution in [0.2, 0.25) is 0 Å². The van der Waals surface area contributed by atoms with Crippen molar-refractivity contribution in [3.05, 3.63) is 29.8 Å². The third-order valence-corrected chi connectivity index (χ3v) is 4.47. The molecule has 0 saturated carbocycles. The topological polar surface area (TPSA) is 18.5 Å². The largest absolute Gasteiger partial charge is 0.368 e. The molecular formula is C17H29N3. The molecule has 3 nitrogen and oxygen atoms in total. The van der Waals surface area contributed by atoms with Gasteiger partial charge in [0.05, 0.1) is 0 Å². The van der Waals surface area contributed by atoms with Gasteiger partial charge in [-0.2, -0.15) is 0 Å². The summed E-state index contributed by atoms with van der Waals surface area (Å²) in [6.07, 6.45) is 1.13. The number of para-hydroxylation sites is 1. The molecule has 0 aliphatic carbocycles. The second-order valence-electron chi connectivity index (χ2n) is 5.85. The van der Waals surface area contributed by atoms with E-state index in [-0.39, 0.29) is 0 Å². The fourth-order valence-corrected chi connectivity index (χ4v) is 3.06. The maximum atomic E-state index is 3.61. The molecule has 2 rings (SSSR count). The van der Waals surface area contributed by atoms with E-state index >= 15 is 0 Å². The zero-order valence-electron chi connectivity index (χ0n) is 13.4. The Balaban J connectivity index is 2.23. The molecular weight excluding hydrogens is 246 g/mol. The van der Waals surface area contributed by atoms with Gasteiger partial charge in [0.25, 0.3) is 0 Å². The van der Waals surface area contributed by atoms with Gasteiger partial charge in [0.1, 0.15) is 0 Å². The minimum absolute atomic E-state index is 0.464. The molecule has 1 aromatic rings. The molecule has 2 atom stereocenters. The second-order valence-corrected chi connectivity index (χ2v) is 5.85. The maximum absolute atomic E-state index is 3.61. The van der Waals surface area contributed by atoms with Gasteiger partial charge < -0.3 is 15.1 Å². The zero-order chi connectivity index (χ0) is 14.5. The third kappa shape index (κ3) is 3.33. The van der Waals surface area contributed by atoms with Gasteiger partial charge in [-0.1, -0.05) is 32.0 Å². The van der Waals surface area contributed by atoms with Crippen molar-refractivity contribution in [3.8, 4) is 0 Å². The van der Waals surface area contributed by atoms with Crippen LogP contribution in [-0.4, -0.2) is 44.2 Å². The van der Waals surface area contributed by atoms with Gasteiger partial charge in [-0.25, -0.2) is 0 Å². The number of likely N-dealkylation sites (N-methyl/N-ethyl adjacent to an activating group) is 1. The summed E-state index contributed by atoms with van der Waals surface area (Å²) in [6.45, 7) is 11.2. The van der Waals surface area contributed by atoms with E-state index in [0.717, 1.165) is 32.6 Å². The minimum atomic E-state index is 0.464. The first-order valence-electron chi connectivity index (χ1n) is 7.94. The summed E-state index contributed by atoms with van der Waals surface area (Å²) in [5.74, 6) is 0. The highest BCUT2D eigenvalue weighted by Gasteiger charge is 2.23. The predicted molar refractivity (Wildman–Crippen MR) is 87.5 cm³/mol.